The number of H-pyrrole nitrogens is 1. The molecule has 8 heteroatoms. The van der Waals surface area contributed by atoms with E-state index in [0.717, 1.165) is 0 Å². The average molecular weight is 228 g/mol. The molecule has 0 bridgehead atoms. The molecule has 0 saturated heterocycles. The number of nitro benzene ring substituents is 1. The molecule has 7 nitrogen and oxygen atoms in total. The molecule has 0 spiro atoms. The van der Waals surface area contributed by atoms with Gasteiger partial charge in [0.2, 0.25) is 0 Å². The zero-order valence-electron chi connectivity index (χ0n) is 9.01. The molecule has 0 atom stereocenters. The number of carboxylic acids is 1. The molecular formula is C9H7LiN3O4+. The van der Waals surface area contributed by atoms with Crippen molar-refractivity contribution < 1.29 is 33.7 Å². The monoisotopic (exact) mass is 228 g/mol. The molecule has 0 saturated carbocycles. The number of hydrogen-bond donors (Lipinski definition) is 2. The summed E-state index contributed by atoms with van der Waals surface area (Å²) >= 11 is 0. The first-order valence-corrected chi connectivity index (χ1v) is 4.41. The summed E-state index contributed by atoms with van der Waals surface area (Å²) in [6.45, 7) is 0. The maximum absolute atomic E-state index is 10.7. The van der Waals surface area contributed by atoms with E-state index >= 15 is 0 Å². The molecule has 1 heterocycles. The second-order valence-electron chi connectivity index (χ2n) is 3.18. The van der Waals surface area contributed by atoms with Gasteiger partial charge in [0.05, 0.1) is 10.4 Å². The summed E-state index contributed by atoms with van der Waals surface area (Å²) in [7, 11) is 0. The molecule has 17 heavy (non-hydrogen) atoms. The summed E-state index contributed by atoms with van der Waals surface area (Å²) in [5.74, 6) is -0.835. The number of aromatic amines is 1. The number of carbonyl (C=O) groups is 1. The Morgan fingerprint density at radius 3 is 2.82 bits per heavy atom. The molecule has 0 aliphatic rings. The van der Waals surface area contributed by atoms with Crippen LogP contribution < -0.4 is 18.9 Å². The molecule has 2 aromatic rings. The van der Waals surface area contributed by atoms with Gasteiger partial charge in [-0.25, -0.2) is 4.98 Å². The second kappa shape index (κ2) is 4.99. The van der Waals surface area contributed by atoms with Gasteiger partial charge in [0.1, 0.15) is 12.2 Å². The number of para-hydroxylation sites is 1. The van der Waals surface area contributed by atoms with Gasteiger partial charge in [0.25, 0.3) is 5.69 Å². The SMILES string of the molecule is O=C(O)Cc1nc2c([N+](=O)[O-])cccc2[nH]1.[Li+]. The van der Waals surface area contributed by atoms with Crippen molar-refractivity contribution >= 4 is 22.7 Å². The van der Waals surface area contributed by atoms with Crippen LogP contribution in [0.25, 0.3) is 11.0 Å². The van der Waals surface area contributed by atoms with E-state index in [4.69, 9.17) is 5.11 Å². The molecule has 82 valence electrons. The van der Waals surface area contributed by atoms with E-state index in [9.17, 15) is 14.9 Å². The van der Waals surface area contributed by atoms with E-state index in [1.807, 2.05) is 0 Å². The first-order chi connectivity index (χ1) is 7.58. The third-order valence-electron chi connectivity index (χ3n) is 2.06. The van der Waals surface area contributed by atoms with E-state index in [2.05, 4.69) is 9.97 Å². The molecule has 0 radical (unpaired) electrons. The number of nitrogens with one attached hydrogen (secondary N) is 1. The van der Waals surface area contributed by atoms with E-state index in [-0.39, 0.29) is 42.3 Å². The summed E-state index contributed by atoms with van der Waals surface area (Å²) in [4.78, 5) is 27.2. The van der Waals surface area contributed by atoms with Crippen molar-refractivity contribution in [1.29, 1.82) is 0 Å². The van der Waals surface area contributed by atoms with Crippen LogP contribution >= 0.6 is 0 Å². The van der Waals surface area contributed by atoms with Gasteiger partial charge in [-0.1, -0.05) is 6.07 Å². The summed E-state index contributed by atoms with van der Waals surface area (Å²) in [5, 5.41) is 19.3. The largest absolute Gasteiger partial charge is 1.00 e. The number of aliphatic carboxylic acids is 1. The normalized spacial score (nSPS) is 9.88. The maximum Gasteiger partial charge on any atom is 1.00 e. The number of benzene rings is 1. The minimum Gasteiger partial charge on any atom is -0.481 e. The van der Waals surface area contributed by atoms with Crippen molar-refractivity contribution in [3.8, 4) is 0 Å². The van der Waals surface area contributed by atoms with Crippen molar-refractivity contribution in [2.45, 2.75) is 6.42 Å². The molecule has 2 N–H and O–H groups in total. The van der Waals surface area contributed by atoms with E-state index < -0.39 is 10.9 Å². The Morgan fingerprint density at radius 1 is 1.53 bits per heavy atom. The predicted molar refractivity (Wildman–Crippen MR) is 54.1 cm³/mol. The smallest absolute Gasteiger partial charge is 0.481 e. The fraction of sp³-hybridized carbons (Fsp3) is 0.111. The number of non-ortho nitro benzene ring substituents is 1. The van der Waals surface area contributed by atoms with Crippen LogP contribution in [-0.4, -0.2) is 26.0 Å². The fourth-order valence-corrected chi connectivity index (χ4v) is 1.44. The molecule has 0 fully saturated rings. The van der Waals surface area contributed by atoms with Gasteiger partial charge in [-0.2, -0.15) is 0 Å². The number of nitro groups is 1. The molecular weight excluding hydrogens is 221 g/mol. The Hall–Kier alpha value is -1.84. The van der Waals surface area contributed by atoms with Crippen LogP contribution in [0.15, 0.2) is 18.2 Å². The van der Waals surface area contributed by atoms with Crippen LogP contribution in [0.2, 0.25) is 0 Å². The van der Waals surface area contributed by atoms with Gasteiger partial charge < -0.3 is 10.1 Å². The van der Waals surface area contributed by atoms with E-state index in [0.29, 0.717) is 5.52 Å². The first kappa shape index (κ1) is 13.2. The standard InChI is InChI=1S/C9H7N3O4.Li/c13-8(14)4-7-10-5-2-1-3-6(12(15)16)9(5)11-7;/h1-3H,4H2,(H,10,11)(H,13,14);/q;+1. The first-order valence-electron chi connectivity index (χ1n) is 4.41. The van der Waals surface area contributed by atoms with Crippen molar-refractivity contribution in [3.63, 3.8) is 0 Å². The third kappa shape index (κ3) is 2.64. The van der Waals surface area contributed by atoms with Crippen LogP contribution in [0.1, 0.15) is 5.82 Å². The van der Waals surface area contributed by atoms with Crippen LogP contribution in [0.4, 0.5) is 5.69 Å². The Balaban J connectivity index is 0.00000144. The molecule has 0 amide bonds. The van der Waals surface area contributed by atoms with Crippen molar-refractivity contribution in [2.75, 3.05) is 0 Å². The number of fused-ring (bicyclic) bond motifs is 1. The van der Waals surface area contributed by atoms with Gasteiger partial charge >= 0.3 is 24.8 Å². The van der Waals surface area contributed by atoms with Gasteiger partial charge in [0, 0.05) is 6.07 Å². The van der Waals surface area contributed by atoms with Crippen molar-refractivity contribution in [2.24, 2.45) is 0 Å². The van der Waals surface area contributed by atoms with Gasteiger partial charge in [-0.15, -0.1) is 0 Å². The van der Waals surface area contributed by atoms with Gasteiger partial charge in [-0.3, -0.25) is 14.9 Å². The quantitative estimate of drug-likeness (QED) is 0.362. The molecule has 0 aliphatic carbocycles. The number of carboxylic acid groups (broad SMARTS) is 1. The van der Waals surface area contributed by atoms with Crippen LogP contribution in [0.3, 0.4) is 0 Å². The topological polar surface area (TPSA) is 109 Å². The fourth-order valence-electron chi connectivity index (χ4n) is 1.44. The Morgan fingerprint density at radius 2 is 2.24 bits per heavy atom. The number of rotatable bonds is 3. The number of imidazole rings is 1. The number of nitrogens with zero attached hydrogens (tertiary/aromatic N) is 2. The molecule has 2 rings (SSSR count). The van der Waals surface area contributed by atoms with Gasteiger partial charge in [-0.05, 0) is 6.07 Å². The Bertz CT molecular complexity index is 581. The maximum atomic E-state index is 10.7. The minimum atomic E-state index is -1.04. The molecule has 0 unspecified atom stereocenters. The molecule has 1 aromatic heterocycles. The number of hydrogen-bond acceptors (Lipinski definition) is 4. The average Bonchev–Trinajstić information content (AvgIpc) is 2.57. The van der Waals surface area contributed by atoms with Crippen molar-refractivity contribution in [3.05, 3.63) is 34.1 Å². The second-order valence-corrected chi connectivity index (χ2v) is 3.18. The van der Waals surface area contributed by atoms with Crippen LogP contribution in [-0.2, 0) is 11.2 Å². The summed E-state index contributed by atoms with van der Waals surface area (Å²) < 4.78 is 0. The summed E-state index contributed by atoms with van der Waals surface area (Å²) in [6, 6.07) is 4.46. The van der Waals surface area contributed by atoms with Gasteiger partial charge in [0.15, 0.2) is 5.52 Å². The molecule has 1 aromatic carbocycles. The van der Waals surface area contributed by atoms with Crippen LogP contribution in [0, 0.1) is 10.1 Å². The zero-order valence-corrected chi connectivity index (χ0v) is 9.01. The molecule has 0 aliphatic heterocycles. The zero-order chi connectivity index (χ0) is 11.7. The van der Waals surface area contributed by atoms with E-state index in [1.165, 1.54) is 12.1 Å². The van der Waals surface area contributed by atoms with E-state index in [1.54, 1.807) is 6.07 Å². The Kier molecular flexibility index (Phi) is 3.88. The van der Waals surface area contributed by atoms with Crippen LogP contribution in [0.5, 0.6) is 0 Å². The summed E-state index contributed by atoms with van der Waals surface area (Å²) in [5.41, 5.74) is 0.514. The third-order valence-corrected chi connectivity index (χ3v) is 2.06. The predicted octanol–water partition coefficient (Wildman–Crippen LogP) is -1.90. The Labute approximate surface area is 107 Å². The summed E-state index contributed by atoms with van der Waals surface area (Å²) in [6.07, 6.45) is -0.286. The number of aromatic nitrogens is 2. The van der Waals surface area contributed by atoms with Crippen molar-refractivity contribution in [1.82, 2.24) is 9.97 Å². The minimum absolute atomic E-state index is 0.